The molecule has 0 radical (unpaired) electrons. The van der Waals surface area contributed by atoms with Gasteiger partial charge in [0, 0.05) is 55.3 Å². The fourth-order valence-electron chi connectivity index (χ4n) is 1.87. The maximum absolute atomic E-state index is 11.4. The number of carbonyl (C=O) groups excluding carboxylic acids is 1. The van der Waals surface area contributed by atoms with Crippen LogP contribution in [0.25, 0.3) is 0 Å². The molecule has 0 saturated heterocycles. The van der Waals surface area contributed by atoms with Gasteiger partial charge in [-0.2, -0.15) is 0 Å². The molecule has 2 aromatic carbocycles. The first-order valence-electron chi connectivity index (χ1n) is 6.14. The molecule has 2 rings (SSSR count). The standard InChI is InChI=1S/C15H15NO3S2/c1-20(18)14-7-3-12(4-8-14)16(11-17)13-5-9-15(10-6-13)21(2)19/h3-11H,1-2H3. The topological polar surface area (TPSA) is 54.5 Å². The lowest BCUT2D eigenvalue weighted by Crippen LogP contribution is -2.14. The molecular weight excluding hydrogens is 306 g/mol. The van der Waals surface area contributed by atoms with Gasteiger partial charge in [-0.15, -0.1) is 0 Å². The molecule has 0 spiro atoms. The van der Waals surface area contributed by atoms with Crippen molar-refractivity contribution in [2.45, 2.75) is 9.79 Å². The first kappa shape index (κ1) is 15.6. The zero-order valence-corrected chi connectivity index (χ0v) is 13.3. The van der Waals surface area contributed by atoms with Crippen LogP contribution in [0.4, 0.5) is 11.4 Å². The van der Waals surface area contributed by atoms with Crippen LogP contribution in [0, 0.1) is 0 Å². The molecule has 0 fully saturated rings. The van der Waals surface area contributed by atoms with Crippen LogP contribution in [-0.4, -0.2) is 27.3 Å². The number of rotatable bonds is 5. The van der Waals surface area contributed by atoms with E-state index in [1.807, 2.05) is 0 Å². The Morgan fingerprint density at radius 1 is 0.762 bits per heavy atom. The maximum Gasteiger partial charge on any atom is 0.218 e. The summed E-state index contributed by atoms with van der Waals surface area (Å²) in [5.74, 6) is 0. The van der Waals surface area contributed by atoms with Crippen LogP contribution in [0.5, 0.6) is 0 Å². The van der Waals surface area contributed by atoms with Crippen molar-refractivity contribution >= 4 is 39.4 Å². The van der Waals surface area contributed by atoms with Crippen LogP contribution >= 0.6 is 0 Å². The number of hydrogen-bond acceptors (Lipinski definition) is 3. The lowest BCUT2D eigenvalue weighted by atomic mass is 10.2. The van der Waals surface area contributed by atoms with Gasteiger partial charge >= 0.3 is 0 Å². The van der Waals surface area contributed by atoms with E-state index < -0.39 is 21.6 Å². The minimum Gasteiger partial charge on any atom is -0.284 e. The molecule has 21 heavy (non-hydrogen) atoms. The van der Waals surface area contributed by atoms with Gasteiger partial charge in [-0.1, -0.05) is 0 Å². The fraction of sp³-hybridized carbons (Fsp3) is 0.133. The Hall–Kier alpha value is -1.79. The minimum absolute atomic E-state index is 0.685. The first-order chi connectivity index (χ1) is 10.0. The van der Waals surface area contributed by atoms with Gasteiger partial charge in [0.05, 0.1) is 0 Å². The highest BCUT2D eigenvalue weighted by Crippen LogP contribution is 2.25. The highest BCUT2D eigenvalue weighted by molar-refractivity contribution is 7.84. The van der Waals surface area contributed by atoms with Gasteiger partial charge in [0.1, 0.15) is 0 Å². The van der Waals surface area contributed by atoms with Crippen LogP contribution in [-0.2, 0) is 26.4 Å². The smallest absolute Gasteiger partial charge is 0.218 e. The molecule has 0 aliphatic rings. The van der Waals surface area contributed by atoms with E-state index in [1.54, 1.807) is 61.0 Å². The molecule has 0 aromatic heterocycles. The lowest BCUT2D eigenvalue weighted by Gasteiger charge is -2.18. The number of carbonyl (C=O) groups is 1. The van der Waals surface area contributed by atoms with Crippen molar-refractivity contribution in [1.29, 1.82) is 0 Å². The second-order valence-electron chi connectivity index (χ2n) is 4.37. The van der Waals surface area contributed by atoms with Crippen LogP contribution in [0.2, 0.25) is 0 Å². The van der Waals surface area contributed by atoms with Crippen LogP contribution in [0.1, 0.15) is 0 Å². The second-order valence-corrected chi connectivity index (χ2v) is 7.13. The molecule has 2 aromatic rings. The molecule has 0 bridgehead atoms. The first-order valence-corrected chi connectivity index (χ1v) is 9.26. The third-order valence-electron chi connectivity index (χ3n) is 3.00. The summed E-state index contributed by atoms with van der Waals surface area (Å²) < 4.78 is 22.7. The highest BCUT2D eigenvalue weighted by Gasteiger charge is 2.09. The number of amides is 1. The normalized spacial score (nSPS) is 13.4. The van der Waals surface area contributed by atoms with Crippen molar-refractivity contribution in [2.75, 3.05) is 17.4 Å². The Bertz CT molecular complexity index is 624. The van der Waals surface area contributed by atoms with Crippen molar-refractivity contribution in [3.05, 3.63) is 48.5 Å². The van der Waals surface area contributed by atoms with E-state index >= 15 is 0 Å². The number of anilines is 2. The summed E-state index contributed by atoms with van der Waals surface area (Å²) in [5, 5.41) is 0. The monoisotopic (exact) mass is 321 g/mol. The van der Waals surface area contributed by atoms with Gasteiger partial charge < -0.3 is 0 Å². The van der Waals surface area contributed by atoms with Gasteiger partial charge in [0.25, 0.3) is 0 Å². The van der Waals surface area contributed by atoms with E-state index in [2.05, 4.69) is 0 Å². The summed E-state index contributed by atoms with van der Waals surface area (Å²) in [4.78, 5) is 14.2. The zero-order valence-electron chi connectivity index (χ0n) is 11.7. The summed E-state index contributed by atoms with van der Waals surface area (Å²) in [5.41, 5.74) is 1.37. The van der Waals surface area contributed by atoms with E-state index in [9.17, 15) is 13.2 Å². The molecular formula is C15H15NO3S2. The molecule has 6 heteroatoms. The van der Waals surface area contributed by atoms with Gasteiger partial charge in [0.15, 0.2) is 0 Å². The van der Waals surface area contributed by atoms with Gasteiger partial charge in [-0.3, -0.25) is 18.1 Å². The molecule has 1 amide bonds. The number of nitrogens with zero attached hydrogens (tertiary/aromatic N) is 1. The van der Waals surface area contributed by atoms with E-state index in [4.69, 9.17) is 0 Å². The lowest BCUT2D eigenvalue weighted by molar-refractivity contribution is -0.106. The van der Waals surface area contributed by atoms with Gasteiger partial charge in [-0.25, -0.2) is 0 Å². The molecule has 0 saturated carbocycles. The fourth-order valence-corrected chi connectivity index (χ4v) is 2.91. The number of benzene rings is 2. The van der Waals surface area contributed by atoms with Crippen LogP contribution < -0.4 is 4.90 Å². The Balaban J connectivity index is 2.32. The second kappa shape index (κ2) is 6.78. The van der Waals surface area contributed by atoms with Crippen LogP contribution in [0.15, 0.2) is 58.3 Å². The predicted octanol–water partition coefficient (Wildman–Crippen LogP) is 2.46. The molecule has 4 nitrogen and oxygen atoms in total. The van der Waals surface area contributed by atoms with Crippen LogP contribution in [0.3, 0.4) is 0 Å². The highest BCUT2D eigenvalue weighted by atomic mass is 32.2. The SMILES string of the molecule is CS(=O)c1ccc(N(C=O)c2ccc(S(C)=O)cc2)cc1. The Morgan fingerprint density at radius 2 is 1.10 bits per heavy atom. The molecule has 110 valence electrons. The summed E-state index contributed by atoms with van der Waals surface area (Å²) in [6.07, 6.45) is 3.93. The third kappa shape index (κ3) is 3.65. The largest absolute Gasteiger partial charge is 0.284 e. The van der Waals surface area contributed by atoms with Crippen molar-refractivity contribution in [2.24, 2.45) is 0 Å². The molecule has 2 atom stereocenters. The van der Waals surface area contributed by atoms with Gasteiger partial charge in [0.2, 0.25) is 6.41 Å². The third-order valence-corrected chi connectivity index (χ3v) is 4.87. The Labute approximate surface area is 128 Å². The summed E-state index contributed by atoms with van der Waals surface area (Å²) in [6, 6.07) is 13.9. The van der Waals surface area contributed by atoms with Gasteiger partial charge in [-0.05, 0) is 48.5 Å². The quantitative estimate of drug-likeness (QED) is 0.795. The number of hydrogen-bond donors (Lipinski definition) is 0. The summed E-state index contributed by atoms with van der Waals surface area (Å²) >= 11 is 0. The zero-order chi connectivity index (χ0) is 15.4. The van der Waals surface area contributed by atoms with E-state index in [-0.39, 0.29) is 0 Å². The van der Waals surface area contributed by atoms with Crippen molar-refractivity contribution in [1.82, 2.24) is 0 Å². The molecule has 2 unspecified atom stereocenters. The predicted molar refractivity (Wildman–Crippen MR) is 85.8 cm³/mol. The average molecular weight is 321 g/mol. The Morgan fingerprint density at radius 3 is 1.33 bits per heavy atom. The van der Waals surface area contributed by atoms with E-state index in [1.165, 1.54) is 4.90 Å². The van der Waals surface area contributed by atoms with E-state index in [0.29, 0.717) is 21.2 Å². The van der Waals surface area contributed by atoms with Crippen molar-refractivity contribution < 1.29 is 13.2 Å². The summed E-state index contributed by atoms with van der Waals surface area (Å²) in [7, 11) is -2.09. The maximum atomic E-state index is 11.4. The average Bonchev–Trinajstić information content (AvgIpc) is 2.49. The van der Waals surface area contributed by atoms with E-state index in [0.717, 1.165) is 6.41 Å². The molecule has 0 aliphatic carbocycles. The molecule has 0 N–H and O–H groups in total. The Kier molecular flexibility index (Phi) is 5.03. The molecule has 0 heterocycles. The van der Waals surface area contributed by atoms with Crippen molar-refractivity contribution in [3.8, 4) is 0 Å². The minimum atomic E-state index is -1.05. The summed E-state index contributed by atoms with van der Waals surface area (Å²) in [6.45, 7) is 0. The molecule has 0 aliphatic heterocycles. The van der Waals surface area contributed by atoms with Crippen molar-refractivity contribution in [3.63, 3.8) is 0 Å².